The van der Waals surface area contributed by atoms with Gasteiger partial charge >= 0.3 is 0 Å². The molecule has 0 bridgehead atoms. The van der Waals surface area contributed by atoms with Crippen molar-refractivity contribution in [2.24, 2.45) is 5.73 Å². The van der Waals surface area contributed by atoms with Gasteiger partial charge in [0.1, 0.15) is 0 Å². The van der Waals surface area contributed by atoms with Crippen molar-refractivity contribution in [2.45, 2.75) is 38.8 Å². The SMILES string of the molecule is CCc1ccc(C(O)C(C)(C)N)cc1. The van der Waals surface area contributed by atoms with Crippen LogP contribution in [-0.4, -0.2) is 10.6 Å². The zero-order valence-corrected chi connectivity index (χ0v) is 9.12. The summed E-state index contributed by atoms with van der Waals surface area (Å²) in [5.74, 6) is 0. The number of aliphatic hydroxyl groups excluding tert-OH is 1. The lowest BCUT2D eigenvalue weighted by Crippen LogP contribution is -2.39. The van der Waals surface area contributed by atoms with Gasteiger partial charge in [0.15, 0.2) is 0 Å². The van der Waals surface area contributed by atoms with Crippen molar-refractivity contribution in [2.75, 3.05) is 0 Å². The number of aryl methyl sites for hydroxylation is 1. The largest absolute Gasteiger partial charge is 0.387 e. The molecule has 0 aliphatic carbocycles. The highest BCUT2D eigenvalue weighted by Gasteiger charge is 2.23. The molecule has 2 nitrogen and oxygen atoms in total. The van der Waals surface area contributed by atoms with Gasteiger partial charge in [-0.1, -0.05) is 31.2 Å². The Balaban J connectivity index is 2.87. The normalized spacial score (nSPS) is 14.1. The highest BCUT2D eigenvalue weighted by atomic mass is 16.3. The van der Waals surface area contributed by atoms with Crippen molar-refractivity contribution < 1.29 is 5.11 Å². The summed E-state index contributed by atoms with van der Waals surface area (Å²) in [6.45, 7) is 5.76. The average molecular weight is 193 g/mol. The standard InChI is InChI=1S/C12H19NO/c1-4-9-5-7-10(8-6-9)11(14)12(2,3)13/h5-8,11,14H,4,13H2,1-3H3. The number of hydrogen-bond acceptors (Lipinski definition) is 2. The first kappa shape index (κ1) is 11.2. The quantitative estimate of drug-likeness (QED) is 0.771. The summed E-state index contributed by atoms with van der Waals surface area (Å²) in [6, 6.07) is 7.95. The molecule has 0 saturated heterocycles. The summed E-state index contributed by atoms with van der Waals surface area (Å²) < 4.78 is 0. The Labute approximate surface area is 85.8 Å². The second kappa shape index (κ2) is 4.11. The van der Waals surface area contributed by atoms with Crippen molar-refractivity contribution in [3.05, 3.63) is 35.4 Å². The Kier molecular flexibility index (Phi) is 3.29. The van der Waals surface area contributed by atoms with E-state index in [9.17, 15) is 5.11 Å². The number of aliphatic hydroxyl groups is 1. The first-order chi connectivity index (χ1) is 6.45. The molecule has 0 fully saturated rings. The smallest absolute Gasteiger partial charge is 0.0963 e. The fourth-order valence-corrected chi connectivity index (χ4v) is 1.37. The summed E-state index contributed by atoms with van der Waals surface area (Å²) in [5, 5.41) is 9.90. The van der Waals surface area contributed by atoms with Crippen LogP contribution in [-0.2, 0) is 6.42 Å². The molecule has 0 heterocycles. The lowest BCUT2D eigenvalue weighted by molar-refractivity contribution is 0.104. The molecule has 2 heteroatoms. The van der Waals surface area contributed by atoms with Crippen molar-refractivity contribution in [3.63, 3.8) is 0 Å². The van der Waals surface area contributed by atoms with Gasteiger partial charge in [-0.2, -0.15) is 0 Å². The second-order valence-corrected chi connectivity index (χ2v) is 4.32. The molecule has 78 valence electrons. The van der Waals surface area contributed by atoms with Crippen molar-refractivity contribution >= 4 is 0 Å². The van der Waals surface area contributed by atoms with Crippen LogP contribution in [0.15, 0.2) is 24.3 Å². The molecule has 0 saturated carbocycles. The third-order valence-corrected chi connectivity index (χ3v) is 2.41. The zero-order chi connectivity index (χ0) is 10.8. The second-order valence-electron chi connectivity index (χ2n) is 4.32. The molecule has 1 unspecified atom stereocenters. The summed E-state index contributed by atoms with van der Waals surface area (Å²) in [4.78, 5) is 0. The van der Waals surface area contributed by atoms with Gasteiger partial charge in [0.2, 0.25) is 0 Å². The van der Waals surface area contributed by atoms with Crippen molar-refractivity contribution in [1.82, 2.24) is 0 Å². The van der Waals surface area contributed by atoms with Gasteiger partial charge in [-0.3, -0.25) is 0 Å². The molecule has 14 heavy (non-hydrogen) atoms. The highest BCUT2D eigenvalue weighted by Crippen LogP contribution is 2.23. The summed E-state index contributed by atoms with van der Waals surface area (Å²) in [7, 11) is 0. The first-order valence-corrected chi connectivity index (χ1v) is 5.01. The van der Waals surface area contributed by atoms with E-state index in [0.717, 1.165) is 12.0 Å². The van der Waals surface area contributed by atoms with Gasteiger partial charge in [0, 0.05) is 5.54 Å². The Morgan fingerprint density at radius 1 is 1.29 bits per heavy atom. The van der Waals surface area contributed by atoms with Crippen molar-refractivity contribution in [1.29, 1.82) is 0 Å². The lowest BCUT2D eigenvalue weighted by atomic mass is 9.92. The average Bonchev–Trinajstić information content (AvgIpc) is 2.15. The molecule has 1 aromatic carbocycles. The molecular formula is C12H19NO. The first-order valence-electron chi connectivity index (χ1n) is 5.01. The Bertz CT molecular complexity index is 284. The van der Waals surface area contributed by atoms with Crippen LogP contribution in [0.1, 0.15) is 38.0 Å². The minimum absolute atomic E-state index is 0.590. The molecular weight excluding hydrogens is 174 g/mol. The van der Waals surface area contributed by atoms with Gasteiger partial charge in [0.05, 0.1) is 6.10 Å². The molecule has 0 spiro atoms. The Hall–Kier alpha value is -0.860. The molecule has 0 aromatic heterocycles. The predicted molar refractivity (Wildman–Crippen MR) is 59.0 cm³/mol. The summed E-state index contributed by atoms with van der Waals surface area (Å²) in [6.07, 6.45) is 0.413. The fraction of sp³-hybridized carbons (Fsp3) is 0.500. The predicted octanol–water partition coefficient (Wildman–Crippen LogP) is 2.02. The van der Waals surface area contributed by atoms with E-state index in [1.165, 1.54) is 5.56 Å². The van der Waals surface area contributed by atoms with Crippen LogP contribution in [0, 0.1) is 0 Å². The van der Waals surface area contributed by atoms with Crippen LogP contribution in [0.25, 0.3) is 0 Å². The van der Waals surface area contributed by atoms with E-state index in [4.69, 9.17) is 5.73 Å². The molecule has 0 amide bonds. The zero-order valence-electron chi connectivity index (χ0n) is 9.12. The maximum atomic E-state index is 9.90. The minimum Gasteiger partial charge on any atom is -0.387 e. The third-order valence-electron chi connectivity index (χ3n) is 2.41. The van der Waals surface area contributed by atoms with Gasteiger partial charge < -0.3 is 10.8 Å². The summed E-state index contributed by atoms with van der Waals surface area (Å²) in [5.41, 5.74) is 7.40. The fourth-order valence-electron chi connectivity index (χ4n) is 1.37. The molecule has 1 rings (SSSR count). The van der Waals surface area contributed by atoms with E-state index < -0.39 is 11.6 Å². The molecule has 1 aromatic rings. The topological polar surface area (TPSA) is 46.2 Å². The van der Waals surface area contributed by atoms with Gasteiger partial charge in [-0.15, -0.1) is 0 Å². The van der Waals surface area contributed by atoms with Crippen LogP contribution in [0.3, 0.4) is 0 Å². The molecule has 0 aliphatic rings. The monoisotopic (exact) mass is 193 g/mol. The number of rotatable bonds is 3. The Morgan fingerprint density at radius 3 is 2.14 bits per heavy atom. The van der Waals surface area contributed by atoms with E-state index in [1.54, 1.807) is 0 Å². The molecule has 1 atom stereocenters. The van der Waals surface area contributed by atoms with Gasteiger partial charge in [0.25, 0.3) is 0 Å². The summed E-state index contributed by atoms with van der Waals surface area (Å²) >= 11 is 0. The highest BCUT2D eigenvalue weighted by molar-refractivity contribution is 5.25. The maximum Gasteiger partial charge on any atom is 0.0963 e. The van der Waals surface area contributed by atoms with E-state index in [0.29, 0.717) is 0 Å². The number of nitrogens with two attached hydrogens (primary N) is 1. The van der Waals surface area contributed by atoms with Crippen LogP contribution >= 0.6 is 0 Å². The molecule has 0 radical (unpaired) electrons. The van der Waals surface area contributed by atoms with E-state index in [2.05, 4.69) is 6.92 Å². The number of benzene rings is 1. The minimum atomic E-state index is -0.603. The van der Waals surface area contributed by atoms with Crippen LogP contribution in [0.2, 0.25) is 0 Å². The van der Waals surface area contributed by atoms with E-state index in [-0.39, 0.29) is 0 Å². The Morgan fingerprint density at radius 2 is 1.79 bits per heavy atom. The van der Waals surface area contributed by atoms with Gasteiger partial charge in [-0.05, 0) is 31.4 Å². The van der Waals surface area contributed by atoms with Crippen LogP contribution < -0.4 is 5.73 Å². The number of hydrogen-bond donors (Lipinski definition) is 2. The van der Waals surface area contributed by atoms with E-state index >= 15 is 0 Å². The van der Waals surface area contributed by atoms with Crippen LogP contribution in [0.5, 0.6) is 0 Å². The molecule has 0 aliphatic heterocycles. The van der Waals surface area contributed by atoms with Crippen LogP contribution in [0.4, 0.5) is 0 Å². The molecule has 3 N–H and O–H groups in total. The van der Waals surface area contributed by atoms with Crippen molar-refractivity contribution in [3.8, 4) is 0 Å². The lowest BCUT2D eigenvalue weighted by Gasteiger charge is -2.26. The van der Waals surface area contributed by atoms with Gasteiger partial charge in [-0.25, -0.2) is 0 Å². The third kappa shape index (κ3) is 2.56. The van der Waals surface area contributed by atoms with E-state index in [1.807, 2.05) is 38.1 Å². The maximum absolute atomic E-state index is 9.90.